The Morgan fingerprint density at radius 3 is 2.76 bits per heavy atom. The minimum absolute atomic E-state index is 0.668. The molecule has 21 heavy (non-hydrogen) atoms. The van der Waals surface area contributed by atoms with Crippen molar-refractivity contribution in [2.75, 3.05) is 17.2 Å². The van der Waals surface area contributed by atoms with Gasteiger partial charge in [0.1, 0.15) is 5.82 Å². The van der Waals surface area contributed by atoms with Gasteiger partial charge >= 0.3 is 0 Å². The van der Waals surface area contributed by atoms with Crippen LogP contribution in [0, 0.1) is 6.92 Å². The van der Waals surface area contributed by atoms with Crippen molar-refractivity contribution in [3.8, 4) is 0 Å². The highest BCUT2D eigenvalue weighted by Crippen LogP contribution is 2.15. The van der Waals surface area contributed by atoms with E-state index < -0.39 is 0 Å². The van der Waals surface area contributed by atoms with E-state index in [1.165, 1.54) is 5.56 Å². The molecule has 0 atom stereocenters. The van der Waals surface area contributed by atoms with Crippen LogP contribution in [0.2, 0.25) is 0 Å². The van der Waals surface area contributed by atoms with Crippen LogP contribution in [0.5, 0.6) is 0 Å². The third kappa shape index (κ3) is 4.15. The molecule has 0 unspecified atom stereocenters. The van der Waals surface area contributed by atoms with Gasteiger partial charge in [-0.15, -0.1) is 0 Å². The van der Waals surface area contributed by atoms with Crippen LogP contribution in [0.3, 0.4) is 0 Å². The molecule has 2 aromatic rings. The highest BCUT2D eigenvalue weighted by molar-refractivity contribution is 5.46. The predicted octanol–water partition coefficient (Wildman–Crippen LogP) is 3.18. The van der Waals surface area contributed by atoms with Gasteiger partial charge in [0.2, 0.25) is 5.95 Å². The number of hydrogen-bond donors (Lipinski definition) is 2. The molecule has 5 nitrogen and oxygen atoms in total. The Bertz CT molecular complexity index is 583. The van der Waals surface area contributed by atoms with Crippen LogP contribution in [-0.2, 0) is 13.0 Å². The lowest BCUT2D eigenvalue weighted by atomic mass is 10.1. The normalized spacial score (nSPS) is 10.4. The van der Waals surface area contributed by atoms with E-state index in [1.54, 1.807) is 0 Å². The zero-order valence-electron chi connectivity index (χ0n) is 13.0. The average molecular weight is 285 g/mol. The number of nitrogens with zero attached hydrogens (tertiary/aromatic N) is 3. The van der Waals surface area contributed by atoms with Crippen LogP contribution in [0.4, 0.5) is 11.8 Å². The molecule has 0 saturated heterocycles. The smallest absolute Gasteiger partial charge is 0.224 e. The molecule has 0 radical (unpaired) electrons. The minimum Gasteiger partial charge on any atom is -0.364 e. The zero-order valence-corrected chi connectivity index (χ0v) is 13.0. The van der Waals surface area contributed by atoms with E-state index in [4.69, 9.17) is 0 Å². The van der Waals surface area contributed by atoms with Crippen molar-refractivity contribution in [1.82, 2.24) is 15.0 Å². The Morgan fingerprint density at radius 2 is 2.00 bits per heavy atom. The highest BCUT2D eigenvalue weighted by Gasteiger charge is 2.06. The van der Waals surface area contributed by atoms with Gasteiger partial charge in [-0.1, -0.05) is 19.9 Å². The topological polar surface area (TPSA) is 62.7 Å². The van der Waals surface area contributed by atoms with Crippen molar-refractivity contribution < 1.29 is 0 Å². The molecule has 2 heterocycles. The monoisotopic (exact) mass is 285 g/mol. The van der Waals surface area contributed by atoms with Crippen LogP contribution < -0.4 is 10.6 Å². The average Bonchev–Trinajstić information content (AvgIpc) is 2.53. The molecule has 2 aromatic heterocycles. The summed E-state index contributed by atoms with van der Waals surface area (Å²) in [6.45, 7) is 7.82. The molecule has 2 N–H and O–H groups in total. The number of anilines is 2. The molecule has 0 amide bonds. The van der Waals surface area contributed by atoms with Crippen molar-refractivity contribution in [2.45, 2.75) is 40.2 Å². The fraction of sp³-hybridized carbons (Fsp3) is 0.438. The number of aryl methyl sites for hydroxylation is 2. The van der Waals surface area contributed by atoms with Gasteiger partial charge in [0.05, 0.1) is 12.2 Å². The lowest BCUT2D eigenvalue weighted by Gasteiger charge is -2.12. The van der Waals surface area contributed by atoms with Crippen LogP contribution >= 0.6 is 0 Å². The van der Waals surface area contributed by atoms with Gasteiger partial charge < -0.3 is 10.6 Å². The molecule has 112 valence electrons. The summed E-state index contributed by atoms with van der Waals surface area (Å²) in [6, 6.07) is 4.09. The number of aromatic nitrogens is 3. The Morgan fingerprint density at radius 1 is 1.14 bits per heavy atom. The summed E-state index contributed by atoms with van der Waals surface area (Å²) in [5.74, 6) is 1.53. The van der Waals surface area contributed by atoms with E-state index in [0.29, 0.717) is 12.5 Å². The van der Waals surface area contributed by atoms with E-state index in [-0.39, 0.29) is 0 Å². The number of hydrogen-bond acceptors (Lipinski definition) is 5. The van der Waals surface area contributed by atoms with Crippen LogP contribution in [0.1, 0.15) is 37.1 Å². The van der Waals surface area contributed by atoms with Crippen molar-refractivity contribution in [3.05, 3.63) is 41.3 Å². The van der Waals surface area contributed by atoms with E-state index in [9.17, 15) is 0 Å². The lowest BCUT2D eigenvalue weighted by Crippen LogP contribution is -2.10. The number of nitrogens with one attached hydrogen (secondary N) is 2. The van der Waals surface area contributed by atoms with Gasteiger partial charge in [-0.25, -0.2) is 4.98 Å². The predicted molar refractivity (Wildman–Crippen MR) is 86.5 cm³/mol. The summed E-state index contributed by atoms with van der Waals surface area (Å²) < 4.78 is 0. The lowest BCUT2D eigenvalue weighted by molar-refractivity contribution is 0.936. The summed E-state index contributed by atoms with van der Waals surface area (Å²) in [5.41, 5.74) is 3.37. The fourth-order valence-corrected chi connectivity index (χ4v) is 2.06. The van der Waals surface area contributed by atoms with E-state index in [1.807, 2.05) is 25.4 Å². The van der Waals surface area contributed by atoms with Gasteiger partial charge in [0, 0.05) is 24.5 Å². The molecule has 0 aliphatic heterocycles. The Labute approximate surface area is 126 Å². The Balaban J connectivity index is 2.08. The first kappa shape index (κ1) is 15.2. The zero-order chi connectivity index (χ0) is 15.1. The van der Waals surface area contributed by atoms with Crippen LogP contribution in [0.15, 0.2) is 24.5 Å². The van der Waals surface area contributed by atoms with E-state index in [0.717, 1.165) is 36.5 Å². The minimum atomic E-state index is 0.668. The standard InChI is InChI=1S/C16H23N5/c1-4-8-18-16-20-10-12(3)15(21-16)19-11-14-13(5-2)7-6-9-17-14/h6-7,9-10H,4-5,8,11H2,1-3H3,(H2,18,19,20,21). The highest BCUT2D eigenvalue weighted by atomic mass is 15.1. The molecule has 0 aliphatic rings. The quantitative estimate of drug-likeness (QED) is 0.818. The van der Waals surface area contributed by atoms with E-state index in [2.05, 4.69) is 45.5 Å². The van der Waals surface area contributed by atoms with Crippen molar-refractivity contribution >= 4 is 11.8 Å². The third-order valence-electron chi connectivity index (χ3n) is 3.29. The second kappa shape index (κ2) is 7.57. The van der Waals surface area contributed by atoms with Crippen molar-refractivity contribution in [2.24, 2.45) is 0 Å². The maximum absolute atomic E-state index is 4.52. The van der Waals surface area contributed by atoms with Gasteiger partial charge in [-0.05, 0) is 31.4 Å². The SMILES string of the molecule is CCCNc1ncc(C)c(NCc2ncccc2CC)n1. The van der Waals surface area contributed by atoms with Gasteiger partial charge in [-0.2, -0.15) is 4.98 Å². The molecule has 0 aliphatic carbocycles. The van der Waals surface area contributed by atoms with Crippen LogP contribution in [-0.4, -0.2) is 21.5 Å². The first-order chi connectivity index (χ1) is 10.2. The molecule has 2 rings (SSSR count). The molecule has 0 fully saturated rings. The van der Waals surface area contributed by atoms with Crippen LogP contribution in [0.25, 0.3) is 0 Å². The molecular weight excluding hydrogens is 262 g/mol. The molecule has 5 heteroatoms. The summed E-state index contributed by atoms with van der Waals surface area (Å²) >= 11 is 0. The molecular formula is C16H23N5. The van der Waals surface area contributed by atoms with E-state index >= 15 is 0 Å². The molecule has 0 saturated carbocycles. The third-order valence-corrected chi connectivity index (χ3v) is 3.29. The molecule has 0 bridgehead atoms. The second-order valence-corrected chi connectivity index (χ2v) is 4.97. The van der Waals surface area contributed by atoms with Gasteiger partial charge in [0.15, 0.2) is 0 Å². The van der Waals surface area contributed by atoms with Gasteiger partial charge in [0.25, 0.3) is 0 Å². The molecule has 0 spiro atoms. The Hall–Kier alpha value is -2.17. The largest absolute Gasteiger partial charge is 0.364 e. The summed E-state index contributed by atoms with van der Waals surface area (Å²) in [5, 5.41) is 6.57. The van der Waals surface area contributed by atoms with Gasteiger partial charge in [-0.3, -0.25) is 4.98 Å². The molecule has 0 aromatic carbocycles. The fourth-order valence-electron chi connectivity index (χ4n) is 2.06. The maximum atomic E-state index is 4.52. The first-order valence-corrected chi connectivity index (χ1v) is 7.48. The van der Waals surface area contributed by atoms with Crippen molar-refractivity contribution in [1.29, 1.82) is 0 Å². The number of pyridine rings is 1. The summed E-state index contributed by atoms with van der Waals surface area (Å²) in [7, 11) is 0. The number of rotatable bonds is 7. The second-order valence-electron chi connectivity index (χ2n) is 4.97. The maximum Gasteiger partial charge on any atom is 0.224 e. The van der Waals surface area contributed by atoms with Crippen molar-refractivity contribution in [3.63, 3.8) is 0 Å². The first-order valence-electron chi connectivity index (χ1n) is 7.48. The summed E-state index contributed by atoms with van der Waals surface area (Å²) in [6.07, 6.45) is 5.70. The Kier molecular flexibility index (Phi) is 5.49. The summed E-state index contributed by atoms with van der Waals surface area (Å²) in [4.78, 5) is 13.3.